The number of hydrogen-bond acceptors (Lipinski definition) is 3. The summed E-state index contributed by atoms with van der Waals surface area (Å²) in [6, 6.07) is 6.62. The van der Waals surface area contributed by atoms with Gasteiger partial charge in [-0.25, -0.2) is 4.39 Å². The number of hydrogen-bond donors (Lipinski definition) is 2. The lowest BCUT2D eigenvalue weighted by molar-refractivity contribution is 0.282. The third kappa shape index (κ3) is 6.80. The number of anilines is 1. The van der Waals surface area contributed by atoms with E-state index >= 15 is 0 Å². The van der Waals surface area contributed by atoms with E-state index in [-0.39, 0.29) is 36.4 Å². The standard InChI is InChI=1S/C17H27FN4O.HI/c18-15-5-7-16(8-6-15)21-10-12-22(13-11-21)17(19)20-9-3-1-2-4-14-23;/h5-8,23H,1-4,9-14H2,(H2,19,20);1H. The lowest BCUT2D eigenvalue weighted by Gasteiger charge is -2.36. The van der Waals surface area contributed by atoms with Gasteiger partial charge in [-0.1, -0.05) is 12.8 Å². The zero-order valence-electron chi connectivity index (χ0n) is 14.0. The predicted octanol–water partition coefficient (Wildman–Crippen LogP) is 2.43. The normalized spacial score (nSPS) is 15.3. The highest BCUT2D eigenvalue weighted by Crippen LogP contribution is 2.16. The van der Waals surface area contributed by atoms with Crippen LogP contribution in [-0.2, 0) is 0 Å². The van der Waals surface area contributed by atoms with E-state index in [2.05, 4.69) is 14.8 Å². The molecule has 24 heavy (non-hydrogen) atoms. The fraction of sp³-hybridized carbons (Fsp3) is 0.588. The minimum absolute atomic E-state index is 0. The summed E-state index contributed by atoms with van der Waals surface area (Å²) in [4.78, 5) is 8.78. The van der Waals surface area contributed by atoms with Crippen LogP contribution in [0.2, 0.25) is 0 Å². The molecule has 1 aliphatic rings. The molecule has 1 aromatic rings. The quantitative estimate of drug-likeness (QED) is 0.290. The van der Waals surface area contributed by atoms with Gasteiger partial charge in [-0.05, 0) is 37.1 Å². The Morgan fingerprint density at radius 2 is 1.67 bits per heavy atom. The predicted molar refractivity (Wildman–Crippen MR) is 108 cm³/mol. The maximum absolute atomic E-state index is 13.0. The Labute approximate surface area is 160 Å². The van der Waals surface area contributed by atoms with Gasteiger partial charge < -0.3 is 20.6 Å². The monoisotopic (exact) mass is 450 g/mol. The van der Waals surface area contributed by atoms with Gasteiger partial charge in [-0.3, -0.25) is 4.99 Å². The third-order valence-corrected chi connectivity index (χ3v) is 4.14. The van der Waals surface area contributed by atoms with Gasteiger partial charge in [0.05, 0.1) is 0 Å². The lowest BCUT2D eigenvalue weighted by atomic mass is 10.2. The number of guanidine groups is 1. The van der Waals surface area contributed by atoms with Crippen LogP contribution in [0, 0.1) is 5.82 Å². The van der Waals surface area contributed by atoms with Crippen LogP contribution in [0.3, 0.4) is 0 Å². The van der Waals surface area contributed by atoms with E-state index in [0.29, 0.717) is 5.96 Å². The van der Waals surface area contributed by atoms with Gasteiger partial charge in [0.25, 0.3) is 0 Å². The minimum Gasteiger partial charge on any atom is -0.396 e. The van der Waals surface area contributed by atoms with Crippen molar-refractivity contribution >= 4 is 35.6 Å². The minimum atomic E-state index is -0.206. The largest absolute Gasteiger partial charge is 0.396 e. The van der Waals surface area contributed by atoms with E-state index in [4.69, 9.17) is 10.8 Å². The van der Waals surface area contributed by atoms with Crippen LogP contribution < -0.4 is 10.6 Å². The number of nitrogens with zero attached hydrogens (tertiary/aromatic N) is 3. The number of rotatable bonds is 7. The zero-order valence-corrected chi connectivity index (χ0v) is 16.4. The second kappa shape index (κ2) is 11.5. The average Bonchev–Trinajstić information content (AvgIpc) is 2.58. The Morgan fingerprint density at radius 1 is 1.04 bits per heavy atom. The molecule has 2 rings (SSSR count). The Morgan fingerprint density at radius 3 is 2.29 bits per heavy atom. The SMILES string of the molecule is I.NC(=NCCCCCCO)N1CCN(c2ccc(F)cc2)CC1. The Balaban J connectivity index is 0.00000288. The zero-order chi connectivity index (χ0) is 16.5. The van der Waals surface area contributed by atoms with Crippen molar-refractivity contribution in [1.82, 2.24) is 4.90 Å². The van der Waals surface area contributed by atoms with Crippen LogP contribution >= 0.6 is 24.0 Å². The smallest absolute Gasteiger partial charge is 0.191 e. The fourth-order valence-electron chi connectivity index (χ4n) is 2.72. The Bertz CT molecular complexity index is 490. The summed E-state index contributed by atoms with van der Waals surface area (Å²) < 4.78 is 13.0. The van der Waals surface area contributed by atoms with Gasteiger partial charge in [0.1, 0.15) is 5.82 Å². The molecule has 0 radical (unpaired) electrons. The molecular formula is C17H28FIN4O. The summed E-state index contributed by atoms with van der Waals surface area (Å²) in [6.07, 6.45) is 4.00. The first-order valence-corrected chi connectivity index (χ1v) is 8.37. The van der Waals surface area contributed by atoms with Crippen molar-refractivity contribution in [2.75, 3.05) is 44.2 Å². The third-order valence-electron chi connectivity index (χ3n) is 4.14. The van der Waals surface area contributed by atoms with Crippen molar-refractivity contribution in [3.63, 3.8) is 0 Å². The second-order valence-electron chi connectivity index (χ2n) is 5.83. The van der Waals surface area contributed by atoms with E-state index in [0.717, 1.165) is 64.1 Å². The van der Waals surface area contributed by atoms with Crippen molar-refractivity contribution in [3.8, 4) is 0 Å². The molecule has 0 amide bonds. The van der Waals surface area contributed by atoms with Gasteiger partial charge in [0, 0.05) is 45.0 Å². The number of halogens is 2. The molecule has 136 valence electrons. The van der Waals surface area contributed by atoms with E-state index in [1.165, 1.54) is 12.1 Å². The van der Waals surface area contributed by atoms with E-state index < -0.39 is 0 Å². The van der Waals surface area contributed by atoms with Gasteiger partial charge in [0.2, 0.25) is 0 Å². The number of unbranched alkanes of at least 4 members (excludes halogenated alkanes) is 3. The van der Waals surface area contributed by atoms with Crippen molar-refractivity contribution < 1.29 is 9.50 Å². The molecule has 1 aliphatic heterocycles. The highest BCUT2D eigenvalue weighted by molar-refractivity contribution is 14.0. The van der Waals surface area contributed by atoms with Crippen LogP contribution in [0.5, 0.6) is 0 Å². The number of benzene rings is 1. The first-order chi connectivity index (χ1) is 11.2. The summed E-state index contributed by atoms with van der Waals surface area (Å²) >= 11 is 0. The molecule has 0 aliphatic carbocycles. The van der Waals surface area contributed by atoms with E-state index in [1.807, 2.05) is 12.1 Å². The Kier molecular flexibility index (Phi) is 10.0. The van der Waals surface area contributed by atoms with Crippen molar-refractivity contribution in [1.29, 1.82) is 0 Å². The summed E-state index contributed by atoms with van der Waals surface area (Å²) in [7, 11) is 0. The van der Waals surface area contributed by atoms with Crippen LogP contribution in [0.15, 0.2) is 29.3 Å². The van der Waals surface area contributed by atoms with E-state index in [1.54, 1.807) is 0 Å². The van der Waals surface area contributed by atoms with Crippen LogP contribution in [0.25, 0.3) is 0 Å². The Hall–Kier alpha value is -1.09. The summed E-state index contributed by atoms with van der Waals surface area (Å²) in [5.41, 5.74) is 7.11. The molecule has 0 aromatic heterocycles. The molecule has 1 saturated heterocycles. The highest BCUT2D eigenvalue weighted by atomic mass is 127. The van der Waals surface area contributed by atoms with Crippen molar-refractivity contribution in [2.45, 2.75) is 25.7 Å². The maximum atomic E-state index is 13.0. The highest BCUT2D eigenvalue weighted by Gasteiger charge is 2.18. The number of aliphatic hydroxyl groups excluding tert-OH is 1. The number of aliphatic imine (C=N–C) groups is 1. The van der Waals surface area contributed by atoms with Gasteiger partial charge >= 0.3 is 0 Å². The molecule has 3 N–H and O–H groups in total. The maximum Gasteiger partial charge on any atom is 0.191 e. The van der Waals surface area contributed by atoms with Gasteiger partial charge in [0.15, 0.2) is 5.96 Å². The molecule has 1 heterocycles. The molecular weight excluding hydrogens is 422 g/mol. The molecule has 0 saturated carbocycles. The van der Waals surface area contributed by atoms with E-state index in [9.17, 15) is 4.39 Å². The fourth-order valence-corrected chi connectivity index (χ4v) is 2.72. The summed E-state index contributed by atoms with van der Waals surface area (Å²) in [5.74, 6) is 0.411. The first kappa shape index (κ1) is 21.0. The first-order valence-electron chi connectivity index (χ1n) is 8.37. The van der Waals surface area contributed by atoms with Crippen LogP contribution in [0.1, 0.15) is 25.7 Å². The van der Waals surface area contributed by atoms with Crippen molar-refractivity contribution in [3.05, 3.63) is 30.1 Å². The summed E-state index contributed by atoms with van der Waals surface area (Å²) in [6.45, 7) is 4.39. The van der Waals surface area contributed by atoms with Crippen LogP contribution in [0.4, 0.5) is 10.1 Å². The summed E-state index contributed by atoms with van der Waals surface area (Å²) in [5, 5.41) is 8.72. The molecule has 0 unspecified atom stereocenters. The molecule has 0 atom stereocenters. The van der Waals surface area contributed by atoms with Gasteiger partial charge in [-0.15, -0.1) is 24.0 Å². The number of piperazine rings is 1. The number of aliphatic hydroxyl groups is 1. The molecule has 5 nitrogen and oxygen atoms in total. The molecule has 1 fully saturated rings. The van der Waals surface area contributed by atoms with Crippen molar-refractivity contribution in [2.24, 2.45) is 10.7 Å². The van der Waals surface area contributed by atoms with Gasteiger partial charge in [-0.2, -0.15) is 0 Å². The molecule has 0 bridgehead atoms. The molecule has 1 aromatic carbocycles. The lowest BCUT2D eigenvalue weighted by Crippen LogP contribution is -2.51. The van der Waals surface area contributed by atoms with Crippen LogP contribution in [-0.4, -0.2) is 55.3 Å². The number of nitrogens with two attached hydrogens (primary N) is 1. The average molecular weight is 450 g/mol. The molecule has 0 spiro atoms. The molecule has 7 heteroatoms. The second-order valence-corrected chi connectivity index (χ2v) is 5.83. The topological polar surface area (TPSA) is 65.1 Å².